The average Bonchev–Trinajstić information content (AvgIpc) is 2.85. The summed E-state index contributed by atoms with van der Waals surface area (Å²) in [5, 5.41) is 8.75. The van der Waals surface area contributed by atoms with Crippen molar-refractivity contribution >= 4 is 34.7 Å². The minimum absolute atomic E-state index is 0.215. The number of carbonyl (C=O) groups excluding carboxylic acids is 2. The van der Waals surface area contributed by atoms with Gasteiger partial charge in [0.05, 0.1) is 37.4 Å². The summed E-state index contributed by atoms with van der Waals surface area (Å²) in [5.41, 5.74) is 5.16. The van der Waals surface area contributed by atoms with Crippen molar-refractivity contribution in [2.24, 2.45) is 0 Å². The molecule has 0 spiro atoms. The van der Waals surface area contributed by atoms with E-state index in [9.17, 15) is 9.59 Å². The molecule has 1 fully saturated rings. The fraction of sp³-hybridized carbons (Fsp3) is 0.259. The lowest BCUT2D eigenvalue weighted by Crippen LogP contribution is -2.37. The van der Waals surface area contributed by atoms with Gasteiger partial charge in [0.2, 0.25) is 0 Å². The van der Waals surface area contributed by atoms with Crippen LogP contribution in [0.1, 0.15) is 21.5 Å². The number of carbonyl (C=O) groups is 2. The van der Waals surface area contributed by atoms with Crippen LogP contribution in [0.25, 0.3) is 0 Å². The quantitative estimate of drug-likeness (QED) is 0.465. The molecule has 8 heteroatoms. The van der Waals surface area contributed by atoms with E-state index in [1.54, 1.807) is 19.2 Å². The molecule has 3 amide bonds. The molecular formula is C27H30N4O4. The fourth-order valence-corrected chi connectivity index (χ4v) is 3.98. The van der Waals surface area contributed by atoms with Crippen molar-refractivity contribution in [1.82, 2.24) is 0 Å². The van der Waals surface area contributed by atoms with Gasteiger partial charge in [0.1, 0.15) is 5.75 Å². The second-order valence-corrected chi connectivity index (χ2v) is 8.44. The van der Waals surface area contributed by atoms with Crippen LogP contribution in [0.5, 0.6) is 5.75 Å². The number of hydrogen-bond acceptors (Lipinski definition) is 5. The Kier molecular flexibility index (Phi) is 7.52. The first-order chi connectivity index (χ1) is 16.9. The van der Waals surface area contributed by atoms with Crippen molar-refractivity contribution in [3.63, 3.8) is 0 Å². The van der Waals surface area contributed by atoms with E-state index in [1.807, 2.05) is 62.4 Å². The Balaban J connectivity index is 1.58. The Morgan fingerprint density at radius 3 is 2.34 bits per heavy atom. The third kappa shape index (κ3) is 6.10. The number of ether oxygens (including phenoxy) is 2. The average molecular weight is 475 g/mol. The number of morpholine rings is 1. The van der Waals surface area contributed by atoms with Crippen LogP contribution < -0.4 is 25.6 Å². The lowest BCUT2D eigenvalue weighted by atomic mass is 10.1. The normalized spacial score (nSPS) is 13.2. The summed E-state index contributed by atoms with van der Waals surface area (Å²) in [6.45, 7) is 6.52. The number of hydrogen-bond donors (Lipinski definition) is 3. The first kappa shape index (κ1) is 24.1. The molecule has 1 heterocycles. The number of anilines is 4. The molecule has 1 saturated heterocycles. The highest BCUT2D eigenvalue weighted by molar-refractivity contribution is 6.06. The molecule has 4 rings (SSSR count). The maximum Gasteiger partial charge on any atom is 0.323 e. The van der Waals surface area contributed by atoms with Gasteiger partial charge in [-0.25, -0.2) is 4.79 Å². The molecule has 0 radical (unpaired) electrons. The highest BCUT2D eigenvalue weighted by atomic mass is 16.5. The van der Waals surface area contributed by atoms with Gasteiger partial charge in [-0.2, -0.15) is 0 Å². The van der Waals surface area contributed by atoms with E-state index < -0.39 is 6.03 Å². The van der Waals surface area contributed by atoms with E-state index in [0.717, 1.165) is 16.8 Å². The largest absolute Gasteiger partial charge is 0.495 e. The summed E-state index contributed by atoms with van der Waals surface area (Å²) < 4.78 is 10.9. The molecule has 182 valence electrons. The molecule has 8 nitrogen and oxygen atoms in total. The second kappa shape index (κ2) is 10.9. The molecular weight excluding hydrogens is 444 g/mol. The predicted molar refractivity (Wildman–Crippen MR) is 139 cm³/mol. The van der Waals surface area contributed by atoms with Gasteiger partial charge >= 0.3 is 6.03 Å². The molecule has 0 atom stereocenters. The third-order valence-electron chi connectivity index (χ3n) is 5.74. The summed E-state index contributed by atoms with van der Waals surface area (Å²) in [6, 6.07) is 18.1. The van der Waals surface area contributed by atoms with Crippen LogP contribution in [0.2, 0.25) is 0 Å². The Morgan fingerprint density at radius 1 is 0.857 bits per heavy atom. The van der Waals surface area contributed by atoms with Crippen molar-refractivity contribution in [1.29, 1.82) is 0 Å². The van der Waals surface area contributed by atoms with Gasteiger partial charge in [0.15, 0.2) is 0 Å². The topological polar surface area (TPSA) is 91.9 Å². The van der Waals surface area contributed by atoms with E-state index in [0.29, 0.717) is 54.7 Å². The van der Waals surface area contributed by atoms with Gasteiger partial charge in [-0.3, -0.25) is 4.79 Å². The predicted octanol–water partition coefficient (Wildman–Crippen LogP) is 5.04. The number of aryl methyl sites for hydroxylation is 2. The highest BCUT2D eigenvalue weighted by Crippen LogP contribution is 2.31. The number of amides is 3. The van der Waals surface area contributed by atoms with Crippen LogP contribution in [0.4, 0.5) is 27.5 Å². The molecule has 1 aliphatic rings. The van der Waals surface area contributed by atoms with Crippen LogP contribution >= 0.6 is 0 Å². The van der Waals surface area contributed by atoms with Gasteiger partial charge in [0.25, 0.3) is 5.91 Å². The number of nitrogens with one attached hydrogen (secondary N) is 3. The molecule has 0 bridgehead atoms. The molecule has 0 saturated carbocycles. The minimum Gasteiger partial charge on any atom is -0.495 e. The minimum atomic E-state index is -0.412. The van der Waals surface area contributed by atoms with Gasteiger partial charge in [-0.05, 0) is 61.9 Å². The van der Waals surface area contributed by atoms with Crippen LogP contribution in [0, 0.1) is 13.8 Å². The first-order valence-electron chi connectivity index (χ1n) is 11.5. The van der Waals surface area contributed by atoms with E-state index in [4.69, 9.17) is 9.47 Å². The number of methoxy groups -OCH3 is 1. The van der Waals surface area contributed by atoms with Crippen molar-refractivity contribution in [2.45, 2.75) is 13.8 Å². The summed E-state index contributed by atoms with van der Waals surface area (Å²) in [7, 11) is 1.56. The molecule has 0 aromatic heterocycles. The van der Waals surface area contributed by atoms with Crippen LogP contribution in [0.3, 0.4) is 0 Å². The maximum absolute atomic E-state index is 13.0. The molecule has 1 aliphatic heterocycles. The van der Waals surface area contributed by atoms with Crippen molar-refractivity contribution in [3.05, 3.63) is 77.4 Å². The number of rotatable bonds is 6. The molecule has 3 aromatic carbocycles. The zero-order chi connectivity index (χ0) is 24.8. The van der Waals surface area contributed by atoms with Crippen molar-refractivity contribution in [2.75, 3.05) is 54.3 Å². The maximum atomic E-state index is 13.0. The number of benzene rings is 3. The standard InChI is InChI=1S/C27H30N4O4/c1-18-5-4-6-20(15-18)26(32)28-21-8-9-24(31-11-13-35-14-12-31)22(17-21)29-27(33)30-23-16-19(2)7-10-25(23)34-3/h4-10,15-17H,11-14H2,1-3H3,(H,28,32)(H2,29,30,33). The van der Waals surface area contributed by atoms with E-state index >= 15 is 0 Å². The Labute approximate surface area is 205 Å². The van der Waals surface area contributed by atoms with Gasteiger partial charge in [0, 0.05) is 24.3 Å². The lowest BCUT2D eigenvalue weighted by Gasteiger charge is -2.31. The van der Waals surface area contributed by atoms with Gasteiger partial charge in [-0.1, -0.05) is 23.8 Å². The van der Waals surface area contributed by atoms with Gasteiger partial charge < -0.3 is 30.3 Å². The summed E-state index contributed by atoms with van der Waals surface area (Å²) in [4.78, 5) is 27.9. The number of urea groups is 1. The van der Waals surface area contributed by atoms with Crippen molar-refractivity contribution < 1.29 is 19.1 Å². The van der Waals surface area contributed by atoms with E-state index in [2.05, 4.69) is 20.9 Å². The Hall–Kier alpha value is -4.04. The Bertz CT molecular complexity index is 1220. The van der Waals surface area contributed by atoms with E-state index in [-0.39, 0.29) is 5.91 Å². The second-order valence-electron chi connectivity index (χ2n) is 8.44. The van der Waals surface area contributed by atoms with Crippen LogP contribution in [0.15, 0.2) is 60.7 Å². The molecule has 35 heavy (non-hydrogen) atoms. The Morgan fingerprint density at radius 2 is 1.60 bits per heavy atom. The fourth-order valence-electron chi connectivity index (χ4n) is 3.98. The first-order valence-corrected chi connectivity index (χ1v) is 11.5. The highest BCUT2D eigenvalue weighted by Gasteiger charge is 2.18. The van der Waals surface area contributed by atoms with E-state index in [1.165, 1.54) is 0 Å². The molecule has 0 unspecified atom stereocenters. The molecule has 0 aliphatic carbocycles. The zero-order valence-corrected chi connectivity index (χ0v) is 20.2. The lowest BCUT2D eigenvalue weighted by molar-refractivity contribution is 0.102. The van der Waals surface area contributed by atoms with Crippen LogP contribution in [-0.2, 0) is 4.74 Å². The number of nitrogens with zero attached hydrogens (tertiary/aromatic N) is 1. The summed E-state index contributed by atoms with van der Waals surface area (Å²) in [6.07, 6.45) is 0. The third-order valence-corrected chi connectivity index (χ3v) is 5.74. The smallest absolute Gasteiger partial charge is 0.323 e. The summed E-state index contributed by atoms with van der Waals surface area (Å²) >= 11 is 0. The molecule has 3 aromatic rings. The summed E-state index contributed by atoms with van der Waals surface area (Å²) in [5.74, 6) is 0.353. The molecule has 3 N–H and O–H groups in total. The van der Waals surface area contributed by atoms with Gasteiger partial charge in [-0.15, -0.1) is 0 Å². The zero-order valence-electron chi connectivity index (χ0n) is 20.2. The van der Waals surface area contributed by atoms with Crippen molar-refractivity contribution in [3.8, 4) is 5.75 Å². The van der Waals surface area contributed by atoms with Crippen LogP contribution in [-0.4, -0.2) is 45.4 Å². The monoisotopic (exact) mass is 474 g/mol. The SMILES string of the molecule is COc1ccc(C)cc1NC(=O)Nc1cc(NC(=O)c2cccc(C)c2)ccc1N1CCOCC1.